The molecule has 3 amide bonds. The van der Waals surface area contributed by atoms with E-state index >= 15 is 0 Å². The van der Waals surface area contributed by atoms with E-state index in [1.165, 1.54) is 7.11 Å². The standard InChI is InChI=1S/C46H47N7O4/c1-4-23-52(44(54)25-31-13-7-6-8-14-31)29-42-47-26-40(50-42)38-21-19-36(32-15-9-11-17-34(32)38)37-20-22-39(35-18-12-10-16-33(35)37)41-27-48-43(51-41)30-53(24-5-2)45(55)28-49-46(56)57-3/h6-22,26-27H,4-5,23-25,28-30H2,1-3H3,(H,47,50)(H,48,51)(H,49,56). The van der Waals surface area contributed by atoms with Gasteiger partial charge in [0.15, 0.2) is 0 Å². The van der Waals surface area contributed by atoms with Gasteiger partial charge in [0.05, 0.1) is 50.4 Å². The number of rotatable bonds is 15. The van der Waals surface area contributed by atoms with E-state index in [9.17, 15) is 14.4 Å². The second-order valence-corrected chi connectivity index (χ2v) is 14.0. The molecule has 0 aliphatic rings. The van der Waals surface area contributed by atoms with Crippen LogP contribution >= 0.6 is 0 Å². The highest BCUT2D eigenvalue weighted by molar-refractivity contribution is 6.11. The minimum absolute atomic E-state index is 0.0824. The zero-order valence-electron chi connectivity index (χ0n) is 32.5. The van der Waals surface area contributed by atoms with Crippen molar-refractivity contribution in [1.29, 1.82) is 0 Å². The van der Waals surface area contributed by atoms with Gasteiger partial charge in [-0.1, -0.05) is 117 Å². The SMILES string of the molecule is CCCN(Cc1ncc(-c2ccc(-c3ccc(-c4cnc(CN(CCC)C(=O)Cc5ccccc5)[nH]4)c4ccccc34)c3ccccc23)[nH]1)C(=O)CNC(=O)OC. The van der Waals surface area contributed by atoms with Crippen molar-refractivity contribution >= 4 is 39.5 Å². The average Bonchev–Trinajstić information content (AvgIpc) is 3.92. The average molecular weight is 762 g/mol. The molecule has 0 aliphatic heterocycles. The third kappa shape index (κ3) is 8.73. The molecule has 290 valence electrons. The van der Waals surface area contributed by atoms with Gasteiger partial charge in [0.1, 0.15) is 18.2 Å². The summed E-state index contributed by atoms with van der Waals surface area (Å²) in [7, 11) is 1.27. The molecule has 0 bridgehead atoms. The molecule has 0 fully saturated rings. The first kappa shape index (κ1) is 38.5. The van der Waals surface area contributed by atoms with Crippen LogP contribution in [0.15, 0.2) is 116 Å². The molecule has 0 saturated carbocycles. The number of amides is 3. The Morgan fingerprint density at radius 1 is 0.596 bits per heavy atom. The number of fused-ring (bicyclic) bond motifs is 2. The summed E-state index contributed by atoms with van der Waals surface area (Å²) >= 11 is 0. The number of carbonyl (C=O) groups excluding carboxylic acids is 3. The van der Waals surface area contributed by atoms with Crippen molar-refractivity contribution in [3.63, 3.8) is 0 Å². The Labute approximate surface area is 332 Å². The van der Waals surface area contributed by atoms with Crippen LogP contribution in [0.1, 0.15) is 43.9 Å². The first-order valence-electron chi connectivity index (χ1n) is 19.4. The second-order valence-electron chi connectivity index (χ2n) is 14.0. The molecule has 0 unspecified atom stereocenters. The molecule has 57 heavy (non-hydrogen) atoms. The first-order valence-corrected chi connectivity index (χ1v) is 19.4. The van der Waals surface area contributed by atoms with Crippen LogP contribution < -0.4 is 5.32 Å². The highest BCUT2D eigenvalue weighted by Gasteiger charge is 2.20. The Morgan fingerprint density at radius 2 is 1.04 bits per heavy atom. The molecule has 7 aromatic rings. The van der Waals surface area contributed by atoms with E-state index in [1.807, 2.05) is 60.6 Å². The predicted molar refractivity (Wildman–Crippen MR) is 224 cm³/mol. The largest absolute Gasteiger partial charge is 0.453 e. The van der Waals surface area contributed by atoms with Gasteiger partial charge >= 0.3 is 6.09 Å². The van der Waals surface area contributed by atoms with Crippen molar-refractivity contribution in [1.82, 2.24) is 35.1 Å². The maximum absolute atomic E-state index is 13.3. The van der Waals surface area contributed by atoms with Crippen LogP contribution in [-0.4, -0.2) is 74.4 Å². The molecule has 0 atom stereocenters. The van der Waals surface area contributed by atoms with Crippen LogP contribution in [0.3, 0.4) is 0 Å². The van der Waals surface area contributed by atoms with Crippen molar-refractivity contribution in [2.45, 2.75) is 46.2 Å². The molecule has 3 N–H and O–H groups in total. The van der Waals surface area contributed by atoms with Gasteiger partial charge in [0, 0.05) is 24.2 Å². The Balaban J connectivity index is 1.15. The fraction of sp³-hybridized carbons (Fsp3) is 0.239. The number of alkyl carbamates (subject to hydrolysis) is 1. The number of hydrogen-bond donors (Lipinski definition) is 3. The number of methoxy groups -OCH3 is 1. The third-order valence-corrected chi connectivity index (χ3v) is 10.1. The van der Waals surface area contributed by atoms with E-state index in [2.05, 4.69) is 98.7 Å². The molecule has 2 heterocycles. The minimum atomic E-state index is -0.648. The molecule has 0 radical (unpaired) electrons. The summed E-state index contributed by atoms with van der Waals surface area (Å²) in [5, 5.41) is 6.84. The molecule has 7 rings (SSSR count). The molecule has 0 aliphatic carbocycles. The summed E-state index contributed by atoms with van der Waals surface area (Å²) in [6.45, 7) is 5.81. The zero-order valence-corrected chi connectivity index (χ0v) is 32.5. The molecular weight excluding hydrogens is 715 g/mol. The lowest BCUT2D eigenvalue weighted by molar-refractivity contribution is -0.131. The van der Waals surface area contributed by atoms with Gasteiger partial charge in [-0.05, 0) is 51.1 Å². The summed E-state index contributed by atoms with van der Waals surface area (Å²) in [6, 6.07) is 35.2. The monoisotopic (exact) mass is 761 g/mol. The quantitative estimate of drug-likeness (QED) is 0.0959. The number of nitrogens with one attached hydrogen (secondary N) is 3. The number of H-pyrrole nitrogens is 2. The normalized spacial score (nSPS) is 11.1. The van der Waals surface area contributed by atoms with Crippen LogP contribution in [0.5, 0.6) is 0 Å². The van der Waals surface area contributed by atoms with E-state index in [4.69, 9.17) is 4.98 Å². The Kier molecular flexibility index (Phi) is 12.0. The van der Waals surface area contributed by atoms with E-state index in [1.54, 1.807) is 4.90 Å². The summed E-state index contributed by atoms with van der Waals surface area (Å²) < 4.78 is 4.61. The van der Waals surface area contributed by atoms with Gasteiger partial charge < -0.3 is 29.8 Å². The van der Waals surface area contributed by atoms with Gasteiger partial charge in [0.25, 0.3) is 0 Å². The summed E-state index contributed by atoms with van der Waals surface area (Å²) in [4.78, 5) is 57.7. The fourth-order valence-electron chi connectivity index (χ4n) is 7.40. The Hall–Kier alpha value is -6.75. The summed E-state index contributed by atoms with van der Waals surface area (Å²) in [5.41, 5.74) is 6.99. The molecule has 11 heteroatoms. The second kappa shape index (κ2) is 17.8. The van der Waals surface area contributed by atoms with Crippen LogP contribution in [0.25, 0.3) is 55.2 Å². The zero-order chi connectivity index (χ0) is 39.7. The number of benzene rings is 5. The maximum Gasteiger partial charge on any atom is 0.407 e. The molecule has 0 saturated heterocycles. The number of ether oxygens (including phenoxy) is 1. The molecule has 2 aromatic heterocycles. The van der Waals surface area contributed by atoms with E-state index in [-0.39, 0.29) is 24.9 Å². The van der Waals surface area contributed by atoms with Crippen LogP contribution in [0, 0.1) is 0 Å². The van der Waals surface area contributed by atoms with Gasteiger partial charge in [0.2, 0.25) is 11.8 Å². The number of nitrogens with zero attached hydrogens (tertiary/aromatic N) is 4. The van der Waals surface area contributed by atoms with Crippen LogP contribution in [0.4, 0.5) is 4.79 Å². The van der Waals surface area contributed by atoms with E-state index in [0.717, 1.165) is 79.4 Å². The van der Waals surface area contributed by atoms with Gasteiger partial charge in [-0.3, -0.25) is 9.59 Å². The number of imidazole rings is 2. The topological polar surface area (TPSA) is 136 Å². The van der Waals surface area contributed by atoms with Crippen molar-refractivity contribution < 1.29 is 19.1 Å². The van der Waals surface area contributed by atoms with Crippen molar-refractivity contribution in [3.05, 3.63) is 133 Å². The fourth-order valence-corrected chi connectivity index (χ4v) is 7.40. The van der Waals surface area contributed by atoms with Crippen molar-refractivity contribution in [3.8, 4) is 33.6 Å². The van der Waals surface area contributed by atoms with Crippen molar-refractivity contribution in [2.24, 2.45) is 0 Å². The lowest BCUT2D eigenvalue weighted by Gasteiger charge is -2.21. The predicted octanol–water partition coefficient (Wildman–Crippen LogP) is 8.52. The lowest BCUT2D eigenvalue weighted by Crippen LogP contribution is -2.40. The molecular formula is C46H47N7O4. The summed E-state index contributed by atoms with van der Waals surface area (Å²) in [5.74, 6) is 1.26. The van der Waals surface area contributed by atoms with Gasteiger partial charge in [-0.2, -0.15) is 0 Å². The number of hydrogen-bond acceptors (Lipinski definition) is 6. The highest BCUT2D eigenvalue weighted by Crippen LogP contribution is 2.40. The maximum atomic E-state index is 13.3. The molecule has 11 nitrogen and oxygen atoms in total. The highest BCUT2D eigenvalue weighted by atomic mass is 16.5. The smallest absolute Gasteiger partial charge is 0.407 e. The van der Waals surface area contributed by atoms with Crippen LogP contribution in [0.2, 0.25) is 0 Å². The number of carbonyl (C=O) groups is 3. The molecule has 0 spiro atoms. The Bertz CT molecular complexity index is 2510. The number of aromatic nitrogens is 4. The summed E-state index contributed by atoms with van der Waals surface area (Å²) in [6.07, 6.45) is 5.00. The molecule has 5 aromatic carbocycles. The van der Waals surface area contributed by atoms with Gasteiger partial charge in [-0.15, -0.1) is 0 Å². The minimum Gasteiger partial charge on any atom is -0.453 e. The van der Waals surface area contributed by atoms with E-state index < -0.39 is 6.09 Å². The number of aromatic amines is 2. The Morgan fingerprint density at radius 3 is 1.51 bits per heavy atom. The van der Waals surface area contributed by atoms with Gasteiger partial charge in [-0.25, -0.2) is 14.8 Å². The van der Waals surface area contributed by atoms with E-state index in [0.29, 0.717) is 31.9 Å². The van der Waals surface area contributed by atoms with Crippen molar-refractivity contribution in [2.75, 3.05) is 26.7 Å². The lowest BCUT2D eigenvalue weighted by atomic mass is 9.89. The first-order chi connectivity index (χ1) is 27.9. The third-order valence-electron chi connectivity index (χ3n) is 10.1. The van der Waals surface area contributed by atoms with Crippen LogP contribution in [-0.2, 0) is 33.8 Å².